The monoisotopic (exact) mass is 295 g/mol. The number of carboxylic acid groups (broad SMARTS) is 1. The molecular weight excluding hydrogens is 282 g/mol. The number of halogens is 1. The fourth-order valence-corrected chi connectivity index (χ4v) is 2.63. The number of carbonyl (C=O) groups is 1. The maximum absolute atomic E-state index is 11.3. The number of aryl methyl sites for hydroxylation is 1. The molecule has 1 heterocycles. The SMILES string of the molecule is CCC(C(=O)O)c1c(C)[nH]c2ccc(Br)cc12. The molecule has 1 aromatic heterocycles. The average Bonchev–Trinajstić information content (AvgIpc) is 2.56. The fourth-order valence-electron chi connectivity index (χ4n) is 2.27. The molecule has 0 saturated carbocycles. The van der Waals surface area contributed by atoms with Crippen LogP contribution >= 0.6 is 15.9 Å². The first kappa shape index (κ1) is 12.2. The quantitative estimate of drug-likeness (QED) is 0.904. The highest BCUT2D eigenvalue weighted by Gasteiger charge is 2.23. The number of benzene rings is 1. The Hall–Kier alpha value is -1.29. The van der Waals surface area contributed by atoms with Crippen molar-refractivity contribution in [2.45, 2.75) is 26.2 Å². The summed E-state index contributed by atoms with van der Waals surface area (Å²) in [4.78, 5) is 14.5. The molecular formula is C13H14BrNO2. The van der Waals surface area contributed by atoms with E-state index in [-0.39, 0.29) is 0 Å². The second kappa shape index (κ2) is 4.53. The molecule has 1 aromatic carbocycles. The summed E-state index contributed by atoms with van der Waals surface area (Å²) in [6.45, 7) is 3.82. The molecule has 0 radical (unpaired) electrons. The van der Waals surface area contributed by atoms with Crippen molar-refractivity contribution in [3.05, 3.63) is 33.9 Å². The Kier molecular flexibility index (Phi) is 3.24. The van der Waals surface area contributed by atoms with Crippen LogP contribution in [0.1, 0.15) is 30.5 Å². The molecule has 0 saturated heterocycles. The largest absolute Gasteiger partial charge is 0.481 e. The van der Waals surface area contributed by atoms with Crippen molar-refractivity contribution < 1.29 is 9.90 Å². The van der Waals surface area contributed by atoms with E-state index < -0.39 is 11.9 Å². The summed E-state index contributed by atoms with van der Waals surface area (Å²) in [6.07, 6.45) is 0.593. The Morgan fingerprint density at radius 2 is 2.24 bits per heavy atom. The maximum Gasteiger partial charge on any atom is 0.311 e. The number of fused-ring (bicyclic) bond motifs is 1. The standard InChI is InChI=1S/C13H14BrNO2/c1-3-9(13(16)17)12-7(2)15-11-5-4-8(14)6-10(11)12/h4-6,9,15H,3H2,1-2H3,(H,16,17). The molecule has 3 nitrogen and oxygen atoms in total. The van der Waals surface area contributed by atoms with E-state index in [1.165, 1.54) is 0 Å². The molecule has 0 bridgehead atoms. The van der Waals surface area contributed by atoms with E-state index in [1.807, 2.05) is 32.0 Å². The van der Waals surface area contributed by atoms with Crippen LogP contribution in [0.5, 0.6) is 0 Å². The van der Waals surface area contributed by atoms with E-state index in [0.717, 1.165) is 26.6 Å². The smallest absolute Gasteiger partial charge is 0.311 e. The zero-order valence-corrected chi connectivity index (χ0v) is 11.3. The van der Waals surface area contributed by atoms with Gasteiger partial charge in [0.1, 0.15) is 0 Å². The predicted octanol–water partition coefficient (Wildman–Crippen LogP) is 3.82. The lowest BCUT2D eigenvalue weighted by Gasteiger charge is -2.10. The van der Waals surface area contributed by atoms with Crippen LogP contribution in [0, 0.1) is 6.92 Å². The number of carboxylic acids is 1. The van der Waals surface area contributed by atoms with Gasteiger partial charge in [-0.3, -0.25) is 4.79 Å². The Balaban J connectivity index is 2.70. The molecule has 0 fully saturated rings. The van der Waals surface area contributed by atoms with Crippen molar-refractivity contribution in [3.63, 3.8) is 0 Å². The Morgan fingerprint density at radius 1 is 1.53 bits per heavy atom. The second-order valence-electron chi connectivity index (χ2n) is 4.15. The van der Waals surface area contributed by atoms with Crippen LogP contribution in [0.2, 0.25) is 0 Å². The molecule has 4 heteroatoms. The summed E-state index contributed by atoms with van der Waals surface area (Å²) >= 11 is 3.42. The molecule has 2 rings (SSSR count). The van der Waals surface area contributed by atoms with Crippen LogP contribution < -0.4 is 0 Å². The van der Waals surface area contributed by atoms with Crippen LogP contribution in [-0.2, 0) is 4.79 Å². The van der Waals surface area contributed by atoms with Crippen molar-refractivity contribution in [2.24, 2.45) is 0 Å². The van der Waals surface area contributed by atoms with E-state index in [1.54, 1.807) is 0 Å². The molecule has 0 spiro atoms. The van der Waals surface area contributed by atoms with Gasteiger partial charge in [0.05, 0.1) is 5.92 Å². The van der Waals surface area contributed by atoms with Gasteiger partial charge >= 0.3 is 5.97 Å². The average molecular weight is 296 g/mol. The number of hydrogen-bond donors (Lipinski definition) is 2. The lowest BCUT2D eigenvalue weighted by molar-refractivity contribution is -0.138. The number of aromatic nitrogens is 1. The molecule has 0 aliphatic heterocycles. The first-order valence-corrected chi connectivity index (χ1v) is 6.34. The topological polar surface area (TPSA) is 53.1 Å². The number of aliphatic carboxylic acids is 1. The Bertz CT molecular complexity index is 574. The van der Waals surface area contributed by atoms with E-state index in [9.17, 15) is 9.90 Å². The van der Waals surface area contributed by atoms with Crippen molar-refractivity contribution >= 4 is 32.8 Å². The fraction of sp³-hybridized carbons (Fsp3) is 0.308. The highest BCUT2D eigenvalue weighted by Crippen LogP contribution is 2.32. The predicted molar refractivity (Wildman–Crippen MR) is 71.4 cm³/mol. The molecule has 2 aromatic rings. The lowest BCUT2D eigenvalue weighted by Crippen LogP contribution is -2.11. The number of rotatable bonds is 3. The van der Waals surface area contributed by atoms with Gasteiger partial charge in [0.25, 0.3) is 0 Å². The third-order valence-electron chi connectivity index (χ3n) is 3.05. The minimum absolute atomic E-state index is 0.446. The third kappa shape index (κ3) is 2.09. The van der Waals surface area contributed by atoms with Crippen molar-refractivity contribution in [3.8, 4) is 0 Å². The second-order valence-corrected chi connectivity index (χ2v) is 5.07. The molecule has 1 unspecified atom stereocenters. The number of H-pyrrole nitrogens is 1. The van der Waals surface area contributed by atoms with Gasteiger partial charge in [-0.1, -0.05) is 22.9 Å². The van der Waals surface area contributed by atoms with Gasteiger partial charge < -0.3 is 10.1 Å². The van der Waals surface area contributed by atoms with Gasteiger partial charge in [0, 0.05) is 21.1 Å². The van der Waals surface area contributed by atoms with Crippen molar-refractivity contribution in [1.29, 1.82) is 0 Å². The summed E-state index contributed by atoms with van der Waals surface area (Å²) in [5, 5.41) is 10.3. The molecule has 0 aliphatic rings. The lowest BCUT2D eigenvalue weighted by atomic mass is 9.94. The Morgan fingerprint density at radius 3 is 2.82 bits per heavy atom. The minimum Gasteiger partial charge on any atom is -0.481 e. The summed E-state index contributed by atoms with van der Waals surface area (Å²) in [5.74, 6) is -1.21. The normalized spacial score (nSPS) is 12.9. The van der Waals surface area contributed by atoms with E-state index in [4.69, 9.17) is 0 Å². The highest BCUT2D eigenvalue weighted by molar-refractivity contribution is 9.10. The summed E-state index contributed by atoms with van der Waals surface area (Å²) in [6, 6.07) is 5.88. The van der Waals surface area contributed by atoms with Gasteiger partial charge in [-0.2, -0.15) is 0 Å². The number of hydrogen-bond acceptors (Lipinski definition) is 1. The number of aromatic amines is 1. The molecule has 2 N–H and O–H groups in total. The van der Waals surface area contributed by atoms with E-state index in [0.29, 0.717) is 6.42 Å². The Labute approximate surface area is 108 Å². The molecule has 1 atom stereocenters. The van der Waals surface area contributed by atoms with Gasteiger partial charge in [-0.25, -0.2) is 0 Å². The molecule has 17 heavy (non-hydrogen) atoms. The van der Waals surface area contributed by atoms with Gasteiger partial charge in [0.15, 0.2) is 0 Å². The summed E-state index contributed by atoms with van der Waals surface area (Å²) in [7, 11) is 0. The minimum atomic E-state index is -0.767. The molecule has 90 valence electrons. The van der Waals surface area contributed by atoms with Crippen LogP contribution in [0.3, 0.4) is 0 Å². The van der Waals surface area contributed by atoms with E-state index in [2.05, 4.69) is 20.9 Å². The van der Waals surface area contributed by atoms with Crippen molar-refractivity contribution in [1.82, 2.24) is 4.98 Å². The van der Waals surface area contributed by atoms with Gasteiger partial charge in [-0.05, 0) is 37.1 Å². The maximum atomic E-state index is 11.3. The van der Waals surface area contributed by atoms with Gasteiger partial charge in [0.2, 0.25) is 0 Å². The molecule has 0 aliphatic carbocycles. The highest BCUT2D eigenvalue weighted by atomic mass is 79.9. The summed E-state index contributed by atoms with van der Waals surface area (Å²) in [5.41, 5.74) is 2.82. The first-order valence-electron chi connectivity index (χ1n) is 5.55. The van der Waals surface area contributed by atoms with Crippen LogP contribution in [0.4, 0.5) is 0 Å². The van der Waals surface area contributed by atoms with Crippen LogP contribution in [0.15, 0.2) is 22.7 Å². The third-order valence-corrected chi connectivity index (χ3v) is 3.55. The zero-order chi connectivity index (χ0) is 12.6. The van der Waals surface area contributed by atoms with Crippen LogP contribution in [-0.4, -0.2) is 16.1 Å². The zero-order valence-electron chi connectivity index (χ0n) is 9.75. The van der Waals surface area contributed by atoms with Crippen molar-refractivity contribution in [2.75, 3.05) is 0 Å². The summed E-state index contributed by atoms with van der Waals surface area (Å²) < 4.78 is 0.963. The van der Waals surface area contributed by atoms with E-state index >= 15 is 0 Å². The number of nitrogens with one attached hydrogen (secondary N) is 1. The first-order chi connectivity index (χ1) is 8.04. The molecule has 0 amide bonds. The van der Waals surface area contributed by atoms with Crippen LogP contribution in [0.25, 0.3) is 10.9 Å². The van der Waals surface area contributed by atoms with Gasteiger partial charge in [-0.15, -0.1) is 0 Å².